The van der Waals surface area contributed by atoms with E-state index in [1.54, 1.807) is 0 Å². The third-order valence-electron chi connectivity index (χ3n) is 21.5. The van der Waals surface area contributed by atoms with E-state index in [-0.39, 0.29) is 41.2 Å². The van der Waals surface area contributed by atoms with E-state index in [2.05, 4.69) is 49.5 Å². The molecule has 18 atom stereocenters. The summed E-state index contributed by atoms with van der Waals surface area (Å²) in [6, 6.07) is 5.33. The number of carboxylic acid groups (broad SMARTS) is 1. The van der Waals surface area contributed by atoms with Crippen molar-refractivity contribution in [3.8, 4) is 80.1 Å². The first-order valence-electron chi connectivity index (χ1n) is 38.6. The molecule has 0 unspecified atom stereocenters. The Morgan fingerprint density at radius 2 is 1.12 bits per heavy atom. The van der Waals surface area contributed by atoms with Crippen molar-refractivity contribution in [3.05, 3.63) is 164 Å². The van der Waals surface area contributed by atoms with Crippen molar-refractivity contribution in [2.24, 2.45) is 0 Å². The highest BCUT2D eigenvalue weighted by Gasteiger charge is 2.50. The normalized spacial score (nSPS) is 26.7. The minimum absolute atomic E-state index is 0.0793. The standard InChI is InChI=1S/C82H88Cl2N8O28/c1-3-4-5-6-7-8-9-10-11-57(99)87-66-70(103)68(101)55(32-93)118-81(66)120-73-53-26-38-27-54(73)116-50-21-16-37(24-45(50)83)67(100)65-79(111)91-64(80(112)113)43-28-39(95)29-52(117-82-72(105)71(104)69(102)56(33-94)119-82)58(43)42-23-35(14-19-47(42)96)61(76(108)92-65)88-77(109)62(38)89-78(110)63-44-30-41(31-49(98)59(44)84)115-51-25-36(15-20-48(51)97)60(85-2)75(107)86-46(74(106)90-63)22-34-12-17-40(114-53)18-13-34/h12-21,23-31,46,55-56,60-72,81-82,85,93-98,100-105H,3-11,22,32-33H2,1-2H3,(H,86,107)(H,87,99)(H,88,109)(H,89,110)(H,90,106)(H,91,111)(H,92,108)(H,112,113)/t46-,55-,56-,60-,61-,62-,63+,64-,65+,66-,67-,68-,69-,70-,71+,72+,81+,82+/m1/s1. The lowest BCUT2D eigenvalue weighted by Gasteiger charge is -2.42. The first kappa shape index (κ1) is 86.5. The number of carbonyl (C=O) groups excluding carboxylic acids is 7. The number of aliphatic carboxylic acids is 1. The van der Waals surface area contributed by atoms with Crippen molar-refractivity contribution in [1.82, 2.24) is 42.5 Å². The van der Waals surface area contributed by atoms with Crippen LogP contribution in [0.25, 0.3) is 11.1 Å². The van der Waals surface area contributed by atoms with Gasteiger partial charge < -0.3 is 142 Å². The number of unbranched alkanes of at least 4 members (excludes halogenated alkanes) is 7. The molecule has 2 saturated heterocycles. The third-order valence-corrected chi connectivity index (χ3v) is 22.2. The summed E-state index contributed by atoms with van der Waals surface area (Å²) >= 11 is 14.2. The topological polar surface area (TPSA) is 560 Å². The lowest BCUT2D eigenvalue weighted by Crippen LogP contribution is -2.65. The van der Waals surface area contributed by atoms with Gasteiger partial charge in [-0.1, -0.05) is 105 Å². The van der Waals surface area contributed by atoms with Crippen LogP contribution in [0, 0.1) is 0 Å². The summed E-state index contributed by atoms with van der Waals surface area (Å²) in [6.07, 6.45) is -13.3. The number of likely N-dealkylation sites (N-methyl/N-ethyl adjacent to an activating group) is 1. The molecule has 0 aromatic heterocycles. The van der Waals surface area contributed by atoms with Crippen LogP contribution in [0.4, 0.5) is 0 Å². The SMILES string of the molecule is CCCCCCCCCCC(=O)N[C@H]1[C@H](Oc2c3cc4cc2Oc2ccc(cc2Cl)[C@@H](O)[C@@H]2NC(=O)[C@H](NC(=O)[C@@H]4NC(=O)[C@H]4NC(=O)[C@@H](Cc5ccc(cc5)O3)NC(=O)[C@H](NC)c3ccc(O)c(c3)Oc3cc(O)c(Cl)c4c3)c3ccc(O)c(c3)-c3c(O[C@H]4O[C@H](CO)[C@@H](O)[C@H](O)[C@@H]4O)cc(O)cc3[C@H](C(=O)O)NC2=O)O[C@H](CO)[C@@H](O)[C@@H]1O. The van der Waals surface area contributed by atoms with Crippen LogP contribution in [0.3, 0.4) is 0 Å². The van der Waals surface area contributed by atoms with Crippen LogP contribution >= 0.6 is 23.2 Å². The number of phenols is 4. The number of phenolic OH excluding ortho intramolecular Hbond substituents is 4. The van der Waals surface area contributed by atoms with Crippen LogP contribution in [0.5, 0.6) is 69.0 Å². The van der Waals surface area contributed by atoms with Crippen LogP contribution < -0.4 is 66.2 Å². The van der Waals surface area contributed by atoms with E-state index in [9.17, 15) is 80.8 Å². The third kappa shape index (κ3) is 18.5. The summed E-state index contributed by atoms with van der Waals surface area (Å²) in [6.45, 7) is 0.168. The summed E-state index contributed by atoms with van der Waals surface area (Å²) in [4.78, 5) is 122. The molecule has 15 rings (SSSR count). The number of nitrogens with one attached hydrogen (secondary N) is 8. The number of carboxylic acids is 1. The van der Waals surface area contributed by atoms with Gasteiger partial charge in [-0.05, 0) is 114 Å². The lowest BCUT2D eigenvalue weighted by molar-refractivity contribution is -0.277. The minimum atomic E-state index is -2.42. The van der Waals surface area contributed by atoms with Gasteiger partial charge in [0.05, 0.1) is 23.3 Å². The Morgan fingerprint density at radius 1 is 0.517 bits per heavy atom. The highest BCUT2D eigenvalue weighted by Crippen LogP contribution is 2.50. The Balaban J connectivity index is 1.04. The van der Waals surface area contributed by atoms with E-state index in [4.69, 9.17) is 56.4 Å². The largest absolute Gasteiger partial charge is 0.508 e. The Kier molecular flexibility index (Phi) is 26.7. The summed E-state index contributed by atoms with van der Waals surface area (Å²) in [5, 5.41) is 168. The van der Waals surface area contributed by atoms with Gasteiger partial charge >= 0.3 is 5.97 Å². The summed E-state index contributed by atoms with van der Waals surface area (Å²) in [7, 11) is 1.43. The molecule has 8 aliphatic heterocycles. The van der Waals surface area contributed by atoms with E-state index < -0.39 is 265 Å². The number of hydrogen-bond donors (Lipinski definition) is 21. The zero-order valence-corrected chi connectivity index (χ0v) is 65.6. The van der Waals surface area contributed by atoms with Gasteiger partial charge in [0, 0.05) is 47.2 Å². The molecule has 38 heteroatoms. The molecule has 36 nitrogen and oxygen atoms in total. The van der Waals surface area contributed by atoms with Gasteiger partial charge in [-0.2, -0.15) is 0 Å². The van der Waals surface area contributed by atoms with Crippen molar-refractivity contribution in [3.63, 3.8) is 0 Å². The molecule has 638 valence electrons. The number of hydrogen-bond acceptors (Lipinski definition) is 28. The molecular formula is C82H88Cl2N8O28. The van der Waals surface area contributed by atoms with Gasteiger partial charge in [-0.15, -0.1) is 0 Å². The monoisotopic (exact) mass is 1700 g/mol. The second kappa shape index (κ2) is 37.1. The van der Waals surface area contributed by atoms with Crippen molar-refractivity contribution >= 4 is 70.5 Å². The van der Waals surface area contributed by atoms with Crippen LogP contribution in [0.2, 0.25) is 10.0 Å². The molecule has 8 heterocycles. The second-order valence-corrected chi connectivity index (χ2v) is 30.5. The van der Waals surface area contributed by atoms with Crippen molar-refractivity contribution in [2.75, 3.05) is 20.3 Å². The Labute approximate surface area is 693 Å². The number of fused-ring (bicyclic) bond motifs is 14. The predicted molar refractivity (Wildman–Crippen MR) is 418 cm³/mol. The minimum Gasteiger partial charge on any atom is -0.508 e. The molecule has 120 heavy (non-hydrogen) atoms. The van der Waals surface area contributed by atoms with Gasteiger partial charge in [-0.25, -0.2) is 4.79 Å². The first-order chi connectivity index (χ1) is 57.4. The molecule has 7 amide bonds. The Morgan fingerprint density at radius 3 is 1.81 bits per heavy atom. The zero-order valence-electron chi connectivity index (χ0n) is 64.0. The van der Waals surface area contributed by atoms with Crippen molar-refractivity contribution in [2.45, 2.75) is 181 Å². The van der Waals surface area contributed by atoms with Gasteiger partial charge in [-0.3, -0.25) is 33.6 Å². The number of halogens is 2. The average Bonchev–Trinajstić information content (AvgIpc) is 0.753. The van der Waals surface area contributed by atoms with E-state index in [1.807, 2.05) is 0 Å². The predicted octanol–water partition coefficient (Wildman–Crippen LogP) is 3.85. The number of rotatable bonds is 18. The van der Waals surface area contributed by atoms with E-state index in [1.165, 1.54) is 49.5 Å². The number of aliphatic hydroxyl groups is 8. The van der Waals surface area contributed by atoms with Crippen molar-refractivity contribution < 1.29 is 138 Å². The fourth-order valence-electron chi connectivity index (χ4n) is 15.1. The van der Waals surface area contributed by atoms with Crippen LogP contribution in [0.15, 0.2) is 115 Å². The van der Waals surface area contributed by atoms with Gasteiger partial charge in [0.15, 0.2) is 29.0 Å². The smallest absolute Gasteiger partial charge is 0.330 e. The second-order valence-electron chi connectivity index (χ2n) is 29.7. The van der Waals surface area contributed by atoms with Crippen LogP contribution in [0.1, 0.15) is 140 Å². The average molecular weight is 1700 g/mol. The van der Waals surface area contributed by atoms with E-state index >= 15 is 24.0 Å². The summed E-state index contributed by atoms with van der Waals surface area (Å²) in [5.74, 6) is -16.9. The quantitative estimate of drug-likeness (QED) is 0.0543. The van der Waals surface area contributed by atoms with Gasteiger partial charge in [0.2, 0.25) is 59.7 Å². The fourth-order valence-corrected chi connectivity index (χ4v) is 15.5. The molecule has 17 bridgehead atoms. The molecular weight excluding hydrogens is 1620 g/mol. The summed E-state index contributed by atoms with van der Waals surface area (Å²) < 4.78 is 44.4. The van der Waals surface area contributed by atoms with Crippen LogP contribution in [-0.2, 0) is 54.3 Å². The zero-order chi connectivity index (χ0) is 85.8. The molecule has 0 spiro atoms. The number of amides is 7. The molecule has 2 fully saturated rings. The molecule has 21 N–H and O–H groups in total. The maximum absolute atomic E-state index is 16.7. The lowest BCUT2D eigenvalue weighted by atomic mass is 9.89. The molecule has 0 aliphatic carbocycles. The fraction of sp³-hybridized carbons (Fsp3) is 0.390. The number of ether oxygens (including phenoxy) is 7. The Hall–Kier alpha value is -11.4. The highest BCUT2D eigenvalue weighted by atomic mass is 35.5. The molecule has 7 aromatic carbocycles. The number of carbonyl (C=O) groups is 8. The number of aromatic hydroxyl groups is 4. The Bertz CT molecular complexity index is 5060. The van der Waals surface area contributed by atoms with E-state index in [0.717, 1.165) is 111 Å². The van der Waals surface area contributed by atoms with E-state index in [0.29, 0.717) is 18.4 Å². The van der Waals surface area contributed by atoms with Crippen molar-refractivity contribution in [1.29, 1.82) is 0 Å². The highest BCUT2D eigenvalue weighted by molar-refractivity contribution is 6.33. The van der Waals surface area contributed by atoms with Crippen LogP contribution in [-0.4, -0.2) is 207 Å². The van der Waals surface area contributed by atoms with Gasteiger partial charge in [0.25, 0.3) is 0 Å². The summed E-state index contributed by atoms with van der Waals surface area (Å²) in [5.41, 5.74) is -3.05. The van der Waals surface area contributed by atoms with Gasteiger partial charge in [0.1, 0.15) is 131 Å². The molecule has 0 saturated carbocycles. The maximum atomic E-state index is 16.7. The first-order valence-corrected chi connectivity index (χ1v) is 39.3. The molecule has 0 radical (unpaired) electrons. The number of benzene rings is 7. The molecule has 7 aromatic rings. The molecule has 8 aliphatic rings. The number of aliphatic hydroxyl groups excluding tert-OH is 8. The maximum Gasteiger partial charge on any atom is 0.330 e.